The van der Waals surface area contributed by atoms with Gasteiger partial charge in [-0.15, -0.1) is 24.0 Å². The van der Waals surface area contributed by atoms with Gasteiger partial charge in [0.2, 0.25) is 0 Å². The average Bonchev–Trinajstić information content (AvgIpc) is 2.60. The number of halogens is 1. The van der Waals surface area contributed by atoms with Crippen molar-refractivity contribution in [3.05, 3.63) is 29.8 Å². The molecule has 0 saturated carbocycles. The highest BCUT2D eigenvalue weighted by Crippen LogP contribution is 2.17. The largest absolute Gasteiger partial charge is 0.489 e. The van der Waals surface area contributed by atoms with Gasteiger partial charge < -0.3 is 25.0 Å². The number of methoxy groups -OCH3 is 1. The van der Waals surface area contributed by atoms with Crippen LogP contribution in [0.4, 0.5) is 0 Å². The Morgan fingerprint density at radius 1 is 1.23 bits per heavy atom. The Morgan fingerprint density at radius 3 is 2.62 bits per heavy atom. The Kier molecular flexibility index (Phi) is 14.4. The van der Waals surface area contributed by atoms with E-state index in [1.165, 1.54) is 0 Å². The number of hydrogen-bond donors (Lipinski definition) is 2. The molecule has 0 aliphatic rings. The van der Waals surface area contributed by atoms with E-state index < -0.39 is 0 Å². The van der Waals surface area contributed by atoms with Crippen molar-refractivity contribution in [3.8, 4) is 5.75 Å². The normalized spacial score (nSPS) is 12.5. The third kappa shape index (κ3) is 10.8. The summed E-state index contributed by atoms with van der Waals surface area (Å²) in [4.78, 5) is 6.54. The maximum atomic E-state index is 5.97. The average molecular weight is 478 g/mol. The number of benzene rings is 1. The summed E-state index contributed by atoms with van der Waals surface area (Å²) in [6.45, 7) is 8.44. The van der Waals surface area contributed by atoms with Crippen LogP contribution in [-0.2, 0) is 4.74 Å². The molecule has 2 N–H and O–H groups in total. The molecule has 0 fully saturated rings. The van der Waals surface area contributed by atoms with E-state index in [-0.39, 0.29) is 30.1 Å². The summed E-state index contributed by atoms with van der Waals surface area (Å²) in [6, 6.07) is 8.06. The highest BCUT2D eigenvalue weighted by Gasteiger charge is 2.07. The Labute approximate surface area is 175 Å². The zero-order valence-corrected chi connectivity index (χ0v) is 19.1. The number of ether oxygens (including phenoxy) is 2. The van der Waals surface area contributed by atoms with Crippen molar-refractivity contribution in [1.82, 2.24) is 15.5 Å². The molecule has 26 heavy (non-hydrogen) atoms. The number of aryl methyl sites for hydroxylation is 1. The van der Waals surface area contributed by atoms with Crippen LogP contribution in [0.5, 0.6) is 5.75 Å². The summed E-state index contributed by atoms with van der Waals surface area (Å²) >= 11 is 0. The van der Waals surface area contributed by atoms with E-state index >= 15 is 0 Å². The van der Waals surface area contributed by atoms with Gasteiger partial charge in [0.25, 0.3) is 0 Å². The molecule has 1 rings (SSSR count). The van der Waals surface area contributed by atoms with Crippen LogP contribution in [0.25, 0.3) is 0 Å². The van der Waals surface area contributed by atoms with Gasteiger partial charge >= 0.3 is 0 Å². The van der Waals surface area contributed by atoms with Crippen LogP contribution in [0, 0.1) is 6.92 Å². The van der Waals surface area contributed by atoms with E-state index in [1.54, 1.807) is 14.2 Å². The van der Waals surface area contributed by atoms with E-state index in [0.29, 0.717) is 6.54 Å². The van der Waals surface area contributed by atoms with Crippen LogP contribution in [0.3, 0.4) is 0 Å². The number of hydrogen-bond acceptors (Lipinski definition) is 4. The molecule has 0 aliphatic heterocycles. The first kappa shape index (κ1) is 24.9. The van der Waals surface area contributed by atoms with Gasteiger partial charge in [-0.1, -0.05) is 18.2 Å². The molecule has 0 spiro atoms. The highest BCUT2D eigenvalue weighted by molar-refractivity contribution is 14.0. The zero-order valence-electron chi connectivity index (χ0n) is 16.7. The Morgan fingerprint density at radius 2 is 1.96 bits per heavy atom. The van der Waals surface area contributed by atoms with Gasteiger partial charge in [-0.25, -0.2) is 0 Å². The van der Waals surface area contributed by atoms with Crippen LogP contribution in [0.1, 0.15) is 18.9 Å². The molecule has 1 aromatic carbocycles. The van der Waals surface area contributed by atoms with Crippen LogP contribution in [-0.4, -0.2) is 71.0 Å². The molecule has 0 bridgehead atoms. The fourth-order valence-electron chi connectivity index (χ4n) is 2.36. The van der Waals surface area contributed by atoms with Gasteiger partial charge in [0, 0.05) is 40.4 Å². The Hall–Kier alpha value is -1.06. The van der Waals surface area contributed by atoms with Gasteiger partial charge in [0.05, 0.1) is 6.54 Å². The van der Waals surface area contributed by atoms with Crippen molar-refractivity contribution in [2.45, 2.75) is 26.4 Å². The fraction of sp³-hybridized carbons (Fsp3) is 0.632. The number of para-hydroxylation sites is 1. The van der Waals surface area contributed by atoms with Crippen LogP contribution in [0.15, 0.2) is 29.3 Å². The van der Waals surface area contributed by atoms with E-state index in [1.807, 2.05) is 18.2 Å². The summed E-state index contributed by atoms with van der Waals surface area (Å²) in [6.07, 6.45) is 1.10. The number of guanidine groups is 1. The van der Waals surface area contributed by atoms with Gasteiger partial charge in [-0.05, 0) is 38.9 Å². The second-order valence-electron chi connectivity index (χ2n) is 6.22. The molecule has 0 heterocycles. The third-order valence-corrected chi connectivity index (χ3v) is 3.88. The van der Waals surface area contributed by atoms with Crippen LogP contribution < -0.4 is 15.4 Å². The molecule has 0 saturated heterocycles. The van der Waals surface area contributed by atoms with Crippen molar-refractivity contribution in [3.63, 3.8) is 0 Å². The fourth-order valence-corrected chi connectivity index (χ4v) is 2.36. The first-order chi connectivity index (χ1) is 12.1. The standard InChI is InChI=1S/C19H34N4O2.HI/c1-16-9-6-7-10-18(16)25-17(2)15-22-19(20-3)21-11-13-23(4)12-8-14-24-5;/h6-7,9-10,17H,8,11-15H2,1-5H3,(H2,20,21,22);1H. The molecule has 6 nitrogen and oxygen atoms in total. The van der Waals surface area contributed by atoms with Gasteiger partial charge in [0.15, 0.2) is 5.96 Å². The molecule has 0 amide bonds. The molecule has 1 aromatic rings. The van der Waals surface area contributed by atoms with Crippen molar-refractivity contribution in [1.29, 1.82) is 0 Å². The topological polar surface area (TPSA) is 58.1 Å². The number of likely N-dealkylation sites (N-methyl/N-ethyl adjacent to an activating group) is 1. The van der Waals surface area contributed by atoms with E-state index in [2.05, 4.69) is 47.5 Å². The first-order valence-electron chi connectivity index (χ1n) is 8.91. The van der Waals surface area contributed by atoms with Crippen LogP contribution in [0.2, 0.25) is 0 Å². The SMILES string of the molecule is CN=C(NCCN(C)CCCOC)NCC(C)Oc1ccccc1C.I. The van der Waals surface area contributed by atoms with E-state index in [9.17, 15) is 0 Å². The van der Waals surface area contributed by atoms with Crippen molar-refractivity contribution < 1.29 is 9.47 Å². The molecule has 150 valence electrons. The summed E-state index contributed by atoms with van der Waals surface area (Å²) in [5.74, 6) is 1.72. The van der Waals surface area contributed by atoms with Gasteiger partial charge in [-0.2, -0.15) is 0 Å². The van der Waals surface area contributed by atoms with Crippen molar-refractivity contribution >= 4 is 29.9 Å². The minimum Gasteiger partial charge on any atom is -0.489 e. The molecule has 7 heteroatoms. The molecule has 0 radical (unpaired) electrons. The molecular weight excluding hydrogens is 443 g/mol. The Balaban J connectivity index is 0.00000625. The summed E-state index contributed by atoms with van der Waals surface area (Å²) in [5.41, 5.74) is 1.15. The van der Waals surface area contributed by atoms with Crippen molar-refractivity contribution in [2.24, 2.45) is 4.99 Å². The van der Waals surface area contributed by atoms with E-state index in [0.717, 1.165) is 49.9 Å². The van der Waals surface area contributed by atoms with Crippen LogP contribution >= 0.6 is 24.0 Å². The molecule has 0 aliphatic carbocycles. The second-order valence-corrected chi connectivity index (χ2v) is 6.22. The predicted molar refractivity (Wildman–Crippen MR) is 120 cm³/mol. The summed E-state index contributed by atoms with van der Waals surface area (Å²) in [7, 11) is 5.64. The second kappa shape index (κ2) is 15.0. The first-order valence-corrected chi connectivity index (χ1v) is 8.91. The minimum atomic E-state index is 0. The van der Waals surface area contributed by atoms with Gasteiger partial charge in [0.1, 0.15) is 11.9 Å². The monoisotopic (exact) mass is 478 g/mol. The number of aliphatic imine (C=N–C) groups is 1. The molecule has 1 unspecified atom stereocenters. The lowest BCUT2D eigenvalue weighted by Crippen LogP contribution is -2.44. The van der Waals surface area contributed by atoms with E-state index in [4.69, 9.17) is 9.47 Å². The summed E-state index contributed by atoms with van der Waals surface area (Å²) in [5, 5.41) is 6.64. The third-order valence-electron chi connectivity index (χ3n) is 3.88. The lowest BCUT2D eigenvalue weighted by molar-refractivity contribution is 0.180. The number of nitrogens with zero attached hydrogens (tertiary/aromatic N) is 2. The minimum absolute atomic E-state index is 0. The number of nitrogens with one attached hydrogen (secondary N) is 2. The maximum absolute atomic E-state index is 5.97. The lowest BCUT2D eigenvalue weighted by atomic mass is 10.2. The molecule has 1 atom stereocenters. The quantitative estimate of drug-likeness (QED) is 0.222. The van der Waals surface area contributed by atoms with Crippen molar-refractivity contribution in [2.75, 3.05) is 54.0 Å². The predicted octanol–water partition coefficient (Wildman–Crippen LogP) is 2.51. The summed E-state index contributed by atoms with van der Waals surface area (Å²) < 4.78 is 11.0. The highest BCUT2D eigenvalue weighted by atomic mass is 127. The lowest BCUT2D eigenvalue weighted by Gasteiger charge is -2.20. The number of rotatable bonds is 11. The van der Waals surface area contributed by atoms with Gasteiger partial charge in [-0.3, -0.25) is 4.99 Å². The molecule has 0 aromatic heterocycles. The zero-order chi connectivity index (χ0) is 18.5. The Bertz CT molecular complexity index is 514. The molecular formula is C19H35IN4O2. The maximum Gasteiger partial charge on any atom is 0.191 e. The smallest absolute Gasteiger partial charge is 0.191 e.